The minimum Gasteiger partial charge on any atom is -0.392 e. The van der Waals surface area contributed by atoms with Gasteiger partial charge in [0.15, 0.2) is 0 Å². The molecule has 19 heavy (non-hydrogen) atoms. The Bertz CT molecular complexity index is 740. The van der Waals surface area contributed by atoms with E-state index in [1.807, 2.05) is 13.0 Å². The highest BCUT2D eigenvalue weighted by atomic mass is 16.3. The van der Waals surface area contributed by atoms with Crippen LogP contribution in [0.3, 0.4) is 0 Å². The number of aliphatic hydroxyl groups excluding tert-OH is 1. The van der Waals surface area contributed by atoms with E-state index >= 15 is 0 Å². The Balaban J connectivity index is 2.11. The van der Waals surface area contributed by atoms with Gasteiger partial charge in [-0.1, -0.05) is 35.9 Å². The topological polar surface area (TPSA) is 36.0 Å². The van der Waals surface area contributed by atoms with Crippen molar-refractivity contribution in [2.24, 2.45) is 0 Å². The molecule has 0 amide bonds. The van der Waals surface area contributed by atoms with E-state index in [1.54, 1.807) is 0 Å². The predicted molar refractivity (Wildman–Crippen MR) is 79.1 cm³/mol. The summed E-state index contributed by atoms with van der Waals surface area (Å²) >= 11 is 0. The van der Waals surface area contributed by atoms with Crippen LogP contribution in [0.4, 0.5) is 0 Å². The summed E-state index contributed by atoms with van der Waals surface area (Å²) in [6, 6.07) is 14.9. The van der Waals surface area contributed by atoms with Crippen molar-refractivity contribution in [2.45, 2.75) is 20.5 Å². The number of nitrogens with one attached hydrogen (secondary N) is 1. The second kappa shape index (κ2) is 4.56. The summed E-state index contributed by atoms with van der Waals surface area (Å²) in [5.41, 5.74) is 5.47. The molecule has 2 N–H and O–H groups in total. The van der Waals surface area contributed by atoms with Gasteiger partial charge >= 0.3 is 0 Å². The molecule has 0 radical (unpaired) electrons. The summed E-state index contributed by atoms with van der Waals surface area (Å²) in [5.74, 6) is 0. The van der Waals surface area contributed by atoms with Gasteiger partial charge in [0.2, 0.25) is 0 Å². The van der Waals surface area contributed by atoms with Crippen LogP contribution in [-0.2, 0) is 6.61 Å². The van der Waals surface area contributed by atoms with E-state index in [2.05, 4.69) is 48.3 Å². The van der Waals surface area contributed by atoms with Crippen molar-refractivity contribution in [3.63, 3.8) is 0 Å². The summed E-state index contributed by atoms with van der Waals surface area (Å²) < 4.78 is 0. The number of fused-ring (bicyclic) bond motifs is 1. The molecular weight excluding hydrogens is 234 g/mol. The zero-order valence-electron chi connectivity index (χ0n) is 11.2. The number of aromatic amines is 1. The average Bonchev–Trinajstić information content (AvgIpc) is 2.79. The second-order valence-corrected chi connectivity index (χ2v) is 5.06. The number of hydrogen-bond acceptors (Lipinski definition) is 1. The molecule has 0 atom stereocenters. The highest BCUT2D eigenvalue weighted by molar-refractivity contribution is 5.87. The number of aryl methyl sites for hydroxylation is 2. The van der Waals surface area contributed by atoms with Gasteiger partial charge in [0.1, 0.15) is 0 Å². The Hall–Kier alpha value is -2.06. The molecule has 0 bridgehead atoms. The summed E-state index contributed by atoms with van der Waals surface area (Å²) in [7, 11) is 0. The molecule has 0 aliphatic carbocycles. The third-order valence-electron chi connectivity index (χ3n) is 3.60. The van der Waals surface area contributed by atoms with Crippen LogP contribution < -0.4 is 0 Å². The first kappa shape index (κ1) is 12.0. The van der Waals surface area contributed by atoms with Crippen molar-refractivity contribution in [2.75, 3.05) is 0 Å². The van der Waals surface area contributed by atoms with Crippen LogP contribution >= 0.6 is 0 Å². The molecule has 3 rings (SSSR count). The lowest BCUT2D eigenvalue weighted by molar-refractivity contribution is 0.281. The van der Waals surface area contributed by atoms with Crippen molar-refractivity contribution in [1.82, 2.24) is 4.98 Å². The molecule has 0 aliphatic rings. The third-order valence-corrected chi connectivity index (χ3v) is 3.60. The Kier molecular flexibility index (Phi) is 2.88. The van der Waals surface area contributed by atoms with Gasteiger partial charge in [-0.3, -0.25) is 0 Å². The van der Waals surface area contributed by atoms with E-state index in [0.29, 0.717) is 0 Å². The number of H-pyrrole nitrogens is 1. The molecule has 96 valence electrons. The van der Waals surface area contributed by atoms with Crippen LogP contribution in [0.25, 0.3) is 22.0 Å². The molecule has 0 unspecified atom stereocenters. The fourth-order valence-corrected chi connectivity index (χ4v) is 2.45. The summed E-state index contributed by atoms with van der Waals surface area (Å²) in [5, 5.41) is 11.8. The molecule has 0 spiro atoms. The number of hydrogen-bond donors (Lipinski definition) is 2. The lowest BCUT2D eigenvalue weighted by Crippen LogP contribution is -1.81. The van der Waals surface area contributed by atoms with Gasteiger partial charge in [0.05, 0.1) is 6.61 Å². The smallest absolute Gasteiger partial charge is 0.0699 e. The highest BCUT2D eigenvalue weighted by Gasteiger charge is 2.06. The Morgan fingerprint density at radius 3 is 2.42 bits per heavy atom. The van der Waals surface area contributed by atoms with Gasteiger partial charge in [0.25, 0.3) is 0 Å². The zero-order chi connectivity index (χ0) is 13.4. The molecule has 2 aromatic carbocycles. The second-order valence-electron chi connectivity index (χ2n) is 5.06. The monoisotopic (exact) mass is 251 g/mol. The molecule has 3 aromatic rings. The maximum absolute atomic E-state index is 9.26. The van der Waals surface area contributed by atoms with E-state index in [9.17, 15) is 5.11 Å². The largest absolute Gasteiger partial charge is 0.392 e. The molecule has 0 fully saturated rings. The Labute approximate surface area is 112 Å². The maximum Gasteiger partial charge on any atom is 0.0699 e. The lowest BCUT2D eigenvalue weighted by Gasteiger charge is -2.03. The number of aromatic nitrogens is 1. The van der Waals surface area contributed by atoms with Crippen LogP contribution in [0.1, 0.15) is 16.8 Å². The minimum atomic E-state index is 0.0785. The molecule has 2 heteroatoms. The van der Waals surface area contributed by atoms with Gasteiger partial charge in [-0.2, -0.15) is 0 Å². The average molecular weight is 251 g/mol. The molecule has 0 saturated carbocycles. The van der Waals surface area contributed by atoms with E-state index in [1.165, 1.54) is 16.3 Å². The van der Waals surface area contributed by atoms with Crippen LogP contribution in [0.15, 0.2) is 42.5 Å². The first-order chi connectivity index (χ1) is 9.17. The Morgan fingerprint density at radius 2 is 1.68 bits per heavy atom. The molecule has 0 saturated heterocycles. The van der Waals surface area contributed by atoms with Gasteiger partial charge in [-0.15, -0.1) is 0 Å². The zero-order valence-corrected chi connectivity index (χ0v) is 11.2. The van der Waals surface area contributed by atoms with Gasteiger partial charge in [-0.25, -0.2) is 0 Å². The van der Waals surface area contributed by atoms with Crippen molar-refractivity contribution >= 4 is 10.8 Å². The molecule has 2 nitrogen and oxygen atoms in total. The van der Waals surface area contributed by atoms with Crippen molar-refractivity contribution in [3.8, 4) is 11.3 Å². The first-order valence-electron chi connectivity index (χ1n) is 6.47. The van der Waals surface area contributed by atoms with E-state index in [4.69, 9.17) is 0 Å². The molecule has 1 aromatic heterocycles. The lowest BCUT2D eigenvalue weighted by atomic mass is 10.0. The fourth-order valence-electron chi connectivity index (χ4n) is 2.45. The minimum absolute atomic E-state index is 0.0785. The van der Waals surface area contributed by atoms with Crippen LogP contribution in [0.2, 0.25) is 0 Å². The fraction of sp³-hybridized carbons (Fsp3) is 0.176. The predicted octanol–water partition coefficient (Wildman–Crippen LogP) is 3.94. The summed E-state index contributed by atoms with van der Waals surface area (Å²) in [6.45, 7) is 4.17. The third kappa shape index (κ3) is 2.15. The van der Waals surface area contributed by atoms with Crippen LogP contribution in [0.5, 0.6) is 0 Å². The Morgan fingerprint density at radius 1 is 0.947 bits per heavy atom. The number of rotatable bonds is 2. The summed E-state index contributed by atoms with van der Waals surface area (Å²) in [6.07, 6.45) is 0. The van der Waals surface area contributed by atoms with E-state index in [-0.39, 0.29) is 6.61 Å². The van der Waals surface area contributed by atoms with Crippen molar-refractivity contribution in [1.29, 1.82) is 0 Å². The standard InChI is InChI=1S/C17H17NO/c1-11-3-4-14-8-15(6-5-13(14)7-11)17-9-16(10-19)12(2)18-17/h3-9,18-19H,10H2,1-2H3. The molecule has 1 heterocycles. The highest BCUT2D eigenvalue weighted by Crippen LogP contribution is 2.26. The quantitative estimate of drug-likeness (QED) is 0.711. The van der Waals surface area contributed by atoms with E-state index in [0.717, 1.165) is 22.5 Å². The first-order valence-corrected chi connectivity index (χ1v) is 6.47. The van der Waals surface area contributed by atoms with E-state index < -0.39 is 0 Å². The number of aliphatic hydroxyl groups is 1. The van der Waals surface area contributed by atoms with Crippen molar-refractivity contribution < 1.29 is 5.11 Å². The van der Waals surface area contributed by atoms with Gasteiger partial charge in [-0.05, 0) is 47.9 Å². The normalized spacial score (nSPS) is 11.1. The van der Waals surface area contributed by atoms with Gasteiger partial charge < -0.3 is 10.1 Å². The van der Waals surface area contributed by atoms with Crippen LogP contribution in [0, 0.1) is 13.8 Å². The number of benzene rings is 2. The van der Waals surface area contributed by atoms with Crippen molar-refractivity contribution in [3.05, 3.63) is 59.3 Å². The SMILES string of the molecule is Cc1ccc2cc(-c3cc(CO)c(C)[nH]3)ccc2c1. The summed E-state index contributed by atoms with van der Waals surface area (Å²) in [4.78, 5) is 3.33. The maximum atomic E-state index is 9.26. The van der Waals surface area contributed by atoms with Gasteiger partial charge in [0, 0.05) is 11.4 Å². The van der Waals surface area contributed by atoms with Crippen LogP contribution in [-0.4, -0.2) is 10.1 Å². The molecule has 0 aliphatic heterocycles. The molecular formula is C17H17NO.